The van der Waals surface area contributed by atoms with E-state index >= 15 is 0 Å². The Kier molecular flexibility index (Phi) is 4.79. The number of rotatable bonds is 6. The van der Waals surface area contributed by atoms with Gasteiger partial charge in [-0.2, -0.15) is 0 Å². The third-order valence-electron chi connectivity index (χ3n) is 3.42. The molecule has 1 aliphatic rings. The van der Waals surface area contributed by atoms with Gasteiger partial charge in [-0.3, -0.25) is 4.79 Å². The SMILES string of the molecule is COC(=O)c1occc1CNC(C)CN1CCCC1=O. The zero-order chi connectivity index (χ0) is 14.5. The Bertz CT molecular complexity index is 483. The molecule has 6 heteroatoms. The lowest BCUT2D eigenvalue weighted by atomic mass is 10.2. The predicted octanol–water partition coefficient (Wildman–Crippen LogP) is 1.17. The standard InChI is InChI=1S/C14H20N2O4/c1-10(9-16-6-3-4-12(16)17)15-8-11-5-7-20-13(11)14(18)19-2/h5,7,10,15H,3-4,6,8-9H2,1-2H3. The topological polar surface area (TPSA) is 71.8 Å². The van der Waals surface area contributed by atoms with Crippen LogP contribution in [0.1, 0.15) is 35.9 Å². The van der Waals surface area contributed by atoms with Gasteiger partial charge < -0.3 is 19.4 Å². The number of hydrogen-bond donors (Lipinski definition) is 1. The van der Waals surface area contributed by atoms with E-state index < -0.39 is 5.97 Å². The van der Waals surface area contributed by atoms with Crippen LogP contribution in [0.15, 0.2) is 16.7 Å². The number of likely N-dealkylation sites (tertiary alicyclic amines) is 1. The number of amides is 1. The second kappa shape index (κ2) is 6.56. The van der Waals surface area contributed by atoms with Crippen LogP contribution < -0.4 is 5.32 Å². The first-order valence-corrected chi connectivity index (χ1v) is 6.77. The molecule has 0 saturated carbocycles. The first-order valence-electron chi connectivity index (χ1n) is 6.77. The smallest absolute Gasteiger partial charge is 0.374 e. The van der Waals surface area contributed by atoms with E-state index in [1.807, 2.05) is 11.8 Å². The van der Waals surface area contributed by atoms with Gasteiger partial charge in [0.25, 0.3) is 0 Å². The highest BCUT2D eigenvalue weighted by Gasteiger charge is 2.22. The molecule has 1 aromatic rings. The molecule has 0 aliphatic carbocycles. The summed E-state index contributed by atoms with van der Waals surface area (Å²) in [6, 6.07) is 1.89. The van der Waals surface area contributed by atoms with Crippen molar-refractivity contribution in [1.29, 1.82) is 0 Å². The third-order valence-corrected chi connectivity index (χ3v) is 3.42. The van der Waals surface area contributed by atoms with Crippen molar-refractivity contribution in [1.82, 2.24) is 10.2 Å². The van der Waals surface area contributed by atoms with Gasteiger partial charge in [0.2, 0.25) is 11.7 Å². The van der Waals surface area contributed by atoms with Gasteiger partial charge >= 0.3 is 5.97 Å². The highest BCUT2D eigenvalue weighted by Crippen LogP contribution is 2.13. The lowest BCUT2D eigenvalue weighted by Crippen LogP contribution is -2.39. The average Bonchev–Trinajstić information content (AvgIpc) is 3.05. The maximum absolute atomic E-state index is 11.5. The van der Waals surface area contributed by atoms with Crippen molar-refractivity contribution in [2.45, 2.75) is 32.4 Å². The number of nitrogens with one attached hydrogen (secondary N) is 1. The van der Waals surface area contributed by atoms with Crippen molar-refractivity contribution < 1.29 is 18.7 Å². The Hall–Kier alpha value is -1.82. The molecule has 0 bridgehead atoms. The number of carbonyl (C=O) groups excluding carboxylic acids is 2. The number of carbonyl (C=O) groups is 2. The maximum atomic E-state index is 11.5. The fourth-order valence-corrected chi connectivity index (χ4v) is 2.32. The summed E-state index contributed by atoms with van der Waals surface area (Å²) in [5, 5.41) is 3.29. The summed E-state index contributed by atoms with van der Waals surface area (Å²) >= 11 is 0. The molecule has 1 aromatic heterocycles. The molecule has 6 nitrogen and oxygen atoms in total. The molecule has 110 valence electrons. The molecule has 0 spiro atoms. The van der Waals surface area contributed by atoms with Crippen LogP contribution in [-0.2, 0) is 16.1 Å². The van der Waals surface area contributed by atoms with E-state index in [2.05, 4.69) is 10.1 Å². The molecule has 1 unspecified atom stereocenters. The fourth-order valence-electron chi connectivity index (χ4n) is 2.32. The van der Waals surface area contributed by atoms with Crippen LogP contribution in [0.5, 0.6) is 0 Å². The minimum absolute atomic E-state index is 0.150. The van der Waals surface area contributed by atoms with Gasteiger partial charge in [0.15, 0.2) is 0 Å². The Morgan fingerprint density at radius 2 is 2.40 bits per heavy atom. The lowest BCUT2D eigenvalue weighted by molar-refractivity contribution is -0.127. The van der Waals surface area contributed by atoms with E-state index in [0.717, 1.165) is 18.5 Å². The minimum atomic E-state index is -0.478. The van der Waals surface area contributed by atoms with E-state index in [1.165, 1.54) is 13.4 Å². The normalized spacial score (nSPS) is 16.5. The van der Waals surface area contributed by atoms with E-state index in [1.54, 1.807) is 6.07 Å². The van der Waals surface area contributed by atoms with E-state index in [0.29, 0.717) is 19.5 Å². The number of methoxy groups -OCH3 is 1. The predicted molar refractivity (Wildman–Crippen MR) is 72.2 cm³/mol. The van der Waals surface area contributed by atoms with Gasteiger partial charge in [-0.05, 0) is 19.4 Å². The van der Waals surface area contributed by atoms with Crippen LogP contribution in [0, 0.1) is 0 Å². The lowest BCUT2D eigenvalue weighted by Gasteiger charge is -2.21. The fraction of sp³-hybridized carbons (Fsp3) is 0.571. The Morgan fingerprint density at radius 3 is 3.05 bits per heavy atom. The molecule has 1 aliphatic heterocycles. The summed E-state index contributed by atoms with van der Waals surface area (Å²) in [6.07, 6.45) is 3.07. The summed E-state index contributed by atoms with van der Waals surface area (Å²) < 4.78 is 9.77. The van der Waals surface area contributed by atoms with Gasteiger partial charge in [0.05, 0.1) is 13.4 Å². The Labute approximate surface area is 118 Å². The number of furan rings is 1. The van der Waals surface area contributed by atoms with Crippen molar-refractivity contribution in [2.24, 2.45) is 0 Å². The van der Waals surface area contributed by atoms with Crippen molar-refractivity contribution in [3.05, 3.63) is 23.7 Å². The van der Waals surface area contributed by atoms with Crippen LogP contribution in [0.4, 0.5) is 0 Å². The molecule has 0 aromatic carbocycles. The number of ether oxygens (including phenoxy) is 1. The maximum Gasteiger partial charge on any atom is 0.374 e. The monoisotopic (exact) mass is 280 g/mol. The summed E-state index contributed by atoms with van der Waals surface area (Å²) in [5.74, 6) is -0.0316. The number of hydrogen-bond acceptors (Lipinski definition) is 5. The molecule has 1 fully saturated rings. The molecule has 1 saturated heterocycles. The zero-order valence-corrected chi connectivity index (χ0v) is 11.8. The molecular weight excluding hydrogens is 260 g/mol. The molecule has 2 rings (SSSR count). The van der Waals surface area contributed by atoms with Crippen molar-refractivity contribution in [3.8, 4) is 0 Å². The van der Waals surface area contributed by atoms with Crippen LogP contribution in [0.3, 0.4) is 0 Å². The second-order valence-corrected chi connectivity index (χ2v) is 4.99. The number of nitrogens with zero attached hydrogens (tertiary/aromatic N) is 1. The molecule has 1 N–H and O–H groups in total. The Morgan fingerprint density at radius 1 is 1.60 bits per heavy atom. The van der Waals surface area contributed by atoms with Gasteiger partial charge in [-0.25, -0.2) is 4.79 Å². The van der Waals surface area contributed by atoms with E-state index in [4.69, 9.17) is 4.42 Å². The van der Waals surface area contributed by atoms with E-state index in [9.17, 15) is 9.59 Å². The summed E-state index contributed by atoms with van der Waals surface area (Å²) in [4.78, 5) is 24.9. The largest absolute Gasteiger partial charge is 0.463 e. The molecule has 20 heavy (non-hydrogen) atoms. The second-order valence-electron chi connectivity index (χ2n) is 4.99. The van der Waals surface area contributed by atoms with Gasteiger partial charge in [-0.1, -0.05) is 0 Å². The summed E-state index contributed by atoms with van der Waals surface area (Å²) in [7, 11) is 1.32. The van der Waals surface area contributed by atoms with Crippen molar-refractivity contribution in [3.63, 3.8) is 0 Å². The van der Waals surface area contributed by atoms with E-state index in [-0.39, 0.29) is 17.7 Å². The summed E-state index contributed by atoms with van der Waals surface area (Å²) in [6.45, 7) is 4.04. The first-order chi connectivity index (χ1) is 9.61. The highest BCUT2D eigenvalue weighted by atomic mass is 16.5. The van der Waals surface area contributed by atoms with Crippen LogP contribution in [0.25, 0.3) is 0 Å². The average molecular weight is 280 g/mol. The van der Waals surface area contributed by atoms with Crippen LogP contribution in [0.2, 0.25) is 0 Å². The van der Waals surface area contributed by atoms with Crippen LogP contribution in [-0.4, -0.2) is 43.0 Å². The van der Waals surface area contributed by atoms with Gasteiger partial charge in [0.1, 0.15) is 0 Å². The Balaban J connectivity index is 1.84. The molecular formula is C14H20N2O4. The van der Waals surface area contributed by atoms with Gasteiger partial charge in [-0.15, -0.1) is 0 Å². The van der Waals surface area contributed by atoms with Crippen LogP contribution >= 0.6 is 0 Å². The third kappa shape index (κ3) is 3.39. The van der Waals surface area contributed by atoms with Crippen molar-refractivity contribution >= 4 is 11.9 Å². The quantitative estimate of drug-likeness (QED) is 0.792. The zero-order valence-electron chi connectivity index (χ0n) is 11.8. The number of esters is 1. The molecule has 0 radical (unpaired) electrons. The highest BCUT2D eigenvalue weighted by molar-refractivity contribution is 5.87. The molecule has 1 amide bonds. The first kappa shape index (κ1) is 14.6. The minimum Gasteiger partial charge on any atom is -0.463 e. The van der Waals surface area contributed by atoms with Crippen molar-refractivity contribution in [2.75, 3.05) is 20.2 Å². The van der Waals surface area contributed by atoms with Gasteiger partial charge in [0, 0.05) is 37.7 Å². The molecule has 1 atom stereocenters. The summed E-state index contributed by atoms with van der Waals surface area (Å²) in [5.41, 5.74) is 0.761. The molecule has 2 heterocycles.